The number of carbonyl (C=O) groups is 1. The van der Waals surface area contributed by atoms with Gasteiger partial charge < -0.3 is 21.3 Å². The van der Waals surface area contributed by atoms with Crippen LogP contribution in [0.3, 0.4) is 0 Å². The topological polar surface area (TPSA) is 82.7 Å². The predicted molar refractivity (Wildman–Crippen MR) is 109 cm³/mol. The van der Waals surface area contributed by atoms with Crippen LogP contribution in [0.2, 0.25) is 0 Å². The molecule has 1 aliphatic rings. The minimum Gasteiger partial charge on any atom is -0.398 e. The quantitative estimate of drug-likeness (QED) is 0.600. The van der Waals surface area contributed by atoms with Gasteiger partial charge in [0.2, 0.25) is 0 Å². The number of carbonyl (C=O) groups excluding carboxylic acids is 1. The Balaban J connectivity index is 2.04. The zero-order valence-corrected chi connectivity index (χ0v) is 16.7. The largest absolute Gasteiger partial charge is 0.410 e. The Morgan fingerprint density at radius 1 is 1.28 bits per heavy atom. The van der Waals surface area contributed by atoms with Gasteiger partial charge in [0, 0.05) is 49.7 Å². The van der Waals surface area contributed by atoms with E-state index in [1.54, 1.807) is 43.1 Å². The zero-order chi connectivity index (χ0) is 21.4. The highest BCUT2D eigenvalue weighted by Gasteiger charge is 2.39. The fraction of sp³-hybridized carbons (Fsp3) is 0.500. The number of alkyl halides is 3. The maximum absolute atomic E-state index is 13.1. The van der Waals surface area contributed by atoms with Gasteiger partial charge in [-0.1, -0.05) is 12.1 Å². The van der Waals surface area contributed by atoms with Gasteiger partial charge in [0.15, 0.2) is 0 Å². The van der Waals surface area contributed by atoms with Crippen LogP contribution in [0.15, 0.2) is 35.3 Å². The smallest absolute Gasteiger partial charge is 0.398 e. The van der Waals surface area contributed by atoms with Crippen LogP contribution in [0, 0.1) is 0 Å². The molecule has 2 unspecified atom stereocenters. The summed E-state index contributed by atoms with van der Waals surface area (Å²) < 4.78 is 39.3. The number of nitrogens with one attached hydrogen (secondary N) is 2. The first-order chi connectivity index (χ1) is 13.7. The third kappa shape index (κ3) is 6.86. The van der Waals surface area contributed by atoms with Gasteiger partial charge in [-0.15, -0.1) is 0 Å². The molecule has 4 N–H and O–H groups in total. The lowest BCUT2D eigenvalue weighted by Crippen LogP contribution is -2.46. The summed E-state index contributed by atoms with van der Waals surface area (Å²) in [7, 11) is 1.61. The summed E-state index contributed by atoms with van der Waals surface area (Å²) >= 11 is 0. The van der Waals surface area contributed by atoms with Crippen molar-refractivity contribution in [2.45, 2.75) is 31.6 Å². The highest BCUT2D eigenvalue weighted by Crippen LogP contribution is 2.26. The van der Waals surface area contributed by atoms with Gasteiger partial charge in [-0.2, -0.15) is 13.2 Å². The fourth-order valence-electron chi connectivity index (χ4n) is 2.91. The van der Waals surface area contributed by atoms with Crippen molar-refractivity contribution >= 4 is 17.8 Å². The molecule has 0 aromatic heterocycles. The number of rotatable bonds is 7. The lowest BCUT2D eigenvalue weighted by atomic mass is 10.1. The van der Waals surface area contributed by atoms with E-state index in [1.165, 1.54) is 6.08 Å². The molecular weight excluding hydrogens is 383 g/mol. The normalized spacial score (nSPS) is 18.1. The van der Waals surface area contributed by atoms with E-state index < -0.39 is 12.2 Å². The Hall–Kier alpha value is -2.39. The monoisotopic (exact) mass is 411 g/mol. The Kier molecular flexibility index (Phi) is 8.21. The van der Waals surface area contributed by atoms with E-state index in [0.717, 1.165) is 19.3 Å². The molecule has 0 radical (unpaired) electrons. The second-order valence-electron chi connectivity index (χ2n) is 7.02. The van der Waals surface area contributed by atoms with Crippen molar-refractivity contribution in [1.82, 2.24) is 15.5 Å². The summed E-state index contributed by atoms with van der Waals surface area (Å²) in [6.07, 6.45) is -2.14. The predicted octanol–water partition coefficient (Wildman–Crippen LogP) is 2.03. The van der Waals surface area contributed by atoms with Crippen LogP contribution in [0.4, 0.5) is 13.2 Å². The molecule has 0 bridgehead atoms. The molecule has 2 atom stereocenters. The standard InChI is InChI=1S/C20H28F3N5O/c1-14(25-2)13-18(20(21,22)23)27-8-7-17(24)15-3-5-16(6-4-15)19(29)28-11-9-26-10-12-28/h3-8,14,18,25-26H,9-13,24H2,1-2H3/b17-7-,27-8?. The van der Waals surface area contributed by atoms with Crippen molar-refractivity contribution in [1.29, 1.82) is 0 Å². The number of benzene rings is 1. The van der Waals surface area contributed by atoms with Crippen molar-refractivity contribution in [2.75, 3.05) is 33.2 Å². The Labute approximate surface area is 169 Å². The lowest BCUT2D eigenvalue weighted by Gasteiger charge is -2.27. The highest BCUT2D eigenvalue weighted by molar-refractivity contribution is 5.94. The SMILES string of the molecule is CNC(C)CC(N=C/C=C(\N)c1ccc(C(=O)N2CCNCC2)cc1)C(F)(F)F. The van der Waals surface area contributed by atoms with E-state index in [0.29, 0.717) is 24.2 Å². The lowest BCUT2D eigenvalue weighted by molar-refractivity contribution is -0.149. The molecule has 1 heterocycles. The number of hydrogen-bond donors (Lipinski definition) is 3. The van der Waals surface area contributed by atoms with Crippen LogP contribution >= 0.6 is 0 Å². The van der Waals surface area contributed by atoms with Crippen LogP contribution in [0.1, 0.15) is 29.3 Å². The maximum Gasteiger partial charge on any atom is 0.410 e. The maximum atomic E-state index is 13.1. The van der Waals surface area contributed by atoms with E-state index >= 15 is 0 Å². The van der Waals surface area contributed by atoms with Crippen molar-refractivity contribution in [3.8, 4) is 0 Å². The number of piperazine rings is 1. The van der Waals surface area contributed by atoms with E-state index in [4.69, 9.17) is 5.73 Å². The van der Waals surface area contributed by atoms with Crippen molar-refractivity contribution < 1.29 is 18.0 Å². The van der Waals surface area contributed by atoms with Crippen LogP contribution in [-0.2, 0) is 0 Å². The third-order valence-corrected chi connectivity index (χ3v) is 4.84. The summed E-state index contributed by atoms with van der Waals surface area (Å²) in [6, 6.07) is 4.59. The fourth-order valence-corrected chi connectivity index (χ4v) is 2.91. The minimum absolute atomic E-state index is 0.0474. The Morgan fingerprint density at radius 2 is 1.86 bits per heavy atom. The molecular formula is C20H28F3N5O. The van der Waals surface area contributed by atoms with E-state index in [9.17, 15) is 18.0 Å². The van der Waals surface area contributed by atoms with Gasteiger partial charge >= 0.3 is 6.18 Å². The summed E-state index contributed by atoms with van der Waals surface area (Å²) in [5.41, 5.74) is 7.40. The number of nitrogens with zero attached hydrogens (tertiary/aromatic N) is 2. The molecule has 2 rings (SSSR count). The van der Waals surface area contributed by atoms with Gasteiger partial charge in [0.25, 0.3) is 5.91 Å². The molecule has 1 aromatic carbocycles. The first-order valence-electron chi connectivity index (χ1n) is 9.55. The molecule has 1 aliphatic heterocycles. The van der Waals surface area contributed by atoms with Crippen LogP contribution in [0.5, 0.6) is 0 Å². The minimum atomic E-state index is -4.42. The Bertz CT molecular complexity index is 725. The van der Waals surface area contributed by atoms with Crippen molar-refractivity contribution in [3.63, 3.8) is 0 Å². The average molecular weight is 411 g/mol. The molecule has 1 aromatic rings. The molecule has 29 heavy (non-hydrogen) atoms. The molecule has 0 spiro atoms. The first-order valence-corrected chi connectivity index (χ1v) is 9.55. The molecule has 0 saturated carbocycles. The number of hydrogen-bond acceptors (Lipinski definition) is 5. The van der Waals surface area contributed by atoms with E-state index in [1.807, 2.05) is 0 Å². The third-order valence-electron chi connectivity index (χ3n) is 4.84. The summed E-state index contributed by atoms with van der Waals surface area (Å²) in [6.45, 7) is 4.52. The number of allylic oxidation sites excluding steroid dienone is 1. The van der Waals surface area contributed by atoms with Gasteiger partial charge in [-0.25, -0.2) is 0 Å². The molecule has 1 fully saturated rings. The summed E-state index contributed by atoms with van der Waals surface area (Å²) in [4.78, 5) is 17.9. The van der Waals surface area contributed by atoms with Crippen molar-refractivity contribution in [2.24, 2.45) is 10.7 Å². The summed E-state index contributed by atoms with van der Waals surface area (Å²) in [5, 5.41) is 5.97. The second kappa shape index (κ2) is 10.4. The van der Waals surface area contributed by atoms with E-state index in [-0.39, 0.29) is 24.1 Å². The molecule has 160 valence electrons. The number of halogens is 3. The zero-order valence-electron chi connectivity index (χ0n) is 16.7. The van der Waals surface area contributed by atoms with Gasteiger partial charge in [-0.05, 0) is 44.2 Å². The second-order valence-corrected chi connectivity index (χ2v) is 7.02. The number of aliphatic imine (C=N–C) groups is 1. The highest BCUT2D eigenvalue weighted by atomic mass is 19.4. The molecule has 6 nitrogen and oxygen atoms in total. The van der Waals surface area contributed by atoms with Gasteiger partial charge in [0.05, 0.1) is 0 Å². The van der Waals surface area contributed by atoms with E-state index in [2.05, 4.69) is 15.6 Å². The van der Waals surface area contributed by atoms with Crippen LogP contribution in [-0.4, -0.2) is 68.5 Å². The molecule has 1 amide bonds. The van der Waals surface area contributed by atoms with Gasteiger partial charge in [0.1, 0.15) is 6.04 Å². The summed E-state index contributed by atoms with van der Waals surface area (Å²) in [5.74, 6) is -0.0474. The number of nitrogens with two attached hydrogens (primary N) is 1. The van der Waals surface area contributed by atoms with Crippen LogP contribution in [0.25, 0.3) is 5.70 Å². The molecule has 9 heteroatoms. The van der Waals surface area contributed by atoms with Gasteiger partial charge in [-0.3, -0.25) is 9.79 Å². The first kappa shape index (κ1) is 22.9. The average Bonchev–Trinajstić information content (AvgIpc) is 2.72. The van der Waals surface area contributed by atoms with Crippen molar-refractivity contribution in [3.05, 3.63) is 41.5 Å². The Morgan fingerprint density at radius 3 is 2.41 bits per heavy atom. The molecule has 1 saturated heterocycles. The van der Waals surface area contributed by atoms with Crippen LogP contribution < -0.4 is 16.4 Å². The molecule has 0 aliphatic carbocycles. The number of amides is 1.